The van der Waals surface area contributed by atoms with Crippen LogP contribution < -0.4 is 10.2 Å². The molecule has 1 saturated heterocycles. The second-order valence-electron chi connectivity index (χ2n) is 5.70. The molecule has 0 radical (unpaired) electrons. The molecule has 0 aliphatic carbocycles. The molecule has 122 valence electrons. The van der Waals surface area contributed by atoms with Crippen LogP contribution >= 0.6 is 27.3 Å². The SMILES string of the molecule is O=C(CCc1ccccc1Br)NC[C@H]1CCCN1c1nccs1. The van der Waals surface area contributed by atoms with Gasteiger partial charge in [0.2, 0.25) is 5.91 Å². The topological polar surface area (TPSA) is 45.2 Å². The quantitative estimate of drug-likeness (QED) is 0.814. The van der Waals surface area contributed by atoms with Crippen LogP contribution in [0.1, 0.15) is 24.8 Å². The summed E-state index contributed by atoms with van der Waals surface area (Å²) in [5, 5.41) is 6.15. The Hall–Kier alpha value is -1.40. The highest BCUT2D eigenvalue weighted by molar-refractivity contribution is 9.10. The largest absolute Gasteiger partial charge is 0.354 e. The number of rotatable bonds is 6. The lowest BCUT2D eigenvalue weighted by atomic mass is 10.1. The van der Waals surface area contributed by atoms with Gasteiger partial charge in [0.25, 0.3) is 0 Å². The summed E-state index contributed by atoms with van der Waals surface area (Å²) in [7, 11) is 0. The van der Waals surface area contributed by atoms with Crippen LogP contribution in [0.15, 0.2) is 40.3 Å². The smallest absolute Gasteiger partial charge is 0.220 e. The summed E-state index contributed by atoms with van der Waals surface area (Å²) in [5.41, 5.74) is 1.17. The number of thiazole rings is 1. The minimum atomic E-state index is 0.117. The van der Waals surface area contributed by atoms with Crippen molar-refractivity contribution < 1.29 is 4.79 Å². The van der Waals surface area contributed by atoms with E-state index in [9.17, 15) is 4.79 Å². The van der Waals surface area contributed by atoms with Crippen LogP contribution in [-0.4, -0.2) is 30.0 Å². The van der Waals surface area contributed by atoms with Gasteiger partial charge >= 0.3 is 0 Å². The van der Waals surface area contributed by atoms with Crippen molar-refractivity contribution >= 4 is 38.3 Å². The number of carbonyl (C=O) groups is 1. The van der Waals surface area contributed by atoms with E-state index in [-0.39, 0.29) is 5.91 Å². The predicted molar refractivity (Wildman–Crippen MR) is 98.0 cm³/mol. The van der Waals surface area contributed by atoms with Gasteiger partial charge in [-0.1, -0.05) is 34.1 Å². The zero-order chi connectivity index (χ0) is 16.1. The molecule has 1 amide bonds. The minimum Gasteiger partial charge on any atom is -0.354 e. The van der Waals surface area contributed by atoms with Crippen LogP contribution in [0.5, 0.6) is 0 Å². The molecular weight excluding hydrogens is 374 g/mol. The average Bonchev–Trinajstić information content (AvgIpc) is 3.22. The van der Waals surface area contributed by atoms with Gasteiger partial charge in [-0.3, -0.25) is 4.79 Å². The Balaban J connectivity index is 1.46. The van der Waals surface area contributed by atoms with Crippen molar-refractivity contribution in [3.63, 3.8) is 0 Å². The molecule has 2 heterocycles. The number of aryl methyl sites for hydroxylation is 1. The van der Waals surface area contributed by atoms with Gasteiger partial charge in [-0.2, -0.15) is 0 Å². The number of hydrogen-bond acceptors (Lipinski definition) is 4. The Morgan fingerprint density at radius 3 is 3.09 bits per heavy atom. The zero-order valence-corrected chi connectivity index (χ0v) is 15.3. The molecule has 2 aromatic rings. The van der Waals surface area contributed by atoms with Crippen molar-refractivity contribution in [1.82, 2.24) is 10.3 Å². The van der Waals surface area contributed by atoms with Crippen molar-refractivity contribution in [2.24, 2.45) is 0 Å². The molecule has 1 N–H and O–H groups in total. The lowest BCUT2D eigenvalue weighted by Crippen LogP contribution is -2.40. The van der Waals surface area contributed by atoms with Gasteiger partial charge in [-0.25, -0.2) is 4.98 Å². The fraction of sp³-hybridized carbons (Fsp3) is 0.412. The van der Waals surface area contributed by atoms with Crippen LogP contribution in [-0.2, 0) is 11.2 Å². The van der Waals surface area contributed by atoms with Crippen molar-refractivity contribution in [2.45, 2.75) is 31.7 Å². The lowest BCUT2D eigenvalue weighted by molar-refractivity contribution is -0.121. The van der Waals surface area contributed by atoms with E-state index in [0.717, 1.165) is 35.4 Å². The molecule has 0 unspecified atom stereocenters. The number of hydrogen-bond donors (Lipinski definition) is 1. The normalized spacial score (nSPS) is 17.4. The van der Waals surface area contributed by atoms with Crippen molar-refractivity contribution in [3.8, 4) is 0 Å². The van der Waals surface area contributed by atoms with Gasteiger partial charge in [0, 0.05) is 41.6 Å². The highest BCUT2D eigenvalue weighted by Crippen LogP contribution is 2.26. The van der Waals surface area contributed by atoms with E-state index in [4.69, 9.17) is 0 Å². The molecular formula is C17H20BrN3OS. The third-order valence-corrected chi connectivity index (χ3v) is 5.74. The molecule has 1 fully saturated rings. The third-order valence-electron chi connectivity index (χ3n) is 4.16. The van der Waals surface area contributed by atoms with Crippen LogP contribution in [0.2, 0.25) is 0 Å². The van der Waals surface area contributed by atoms with E-state index < -0.39 is 0 Å². The van der Waals surface area contributed by atoms with Gasteiger partial charge in [0.05, 0.1) is 0 Å². The highest BCUT2D eigenvalue weighted by atomic mass is 79.9. The molecule has 0 spiro atoms. The Kier molecular flexibility index (Phi) is 5.67. The number of carbonyl (C=O) groups excluding carboxylic acids is 1. The maximum atomic E-state index is 12.1. The first-order valence-corrected chi connectivity index (χ1v) is 9.57. The Bertz CT molecular complexity index is 647. The summed E-state index contributed by atoms with van der Waals surface area (Å²) in [5.74, 6) is 0.117. The zero-order valence-electron chi connectivity index (χ0n) is 12.9. The van der Waals surface area contributed by atoms with Crippen molar-refractivity contribution in [3.05, 3.63) is 45.9 Å². The average molecular weight is 394 g/mol. The standard InChI is InChI=1S/C17H20BrN3OS/c18-15-6-2-1-4-13(15)7-8-16(22)20-12-14-5-3-10-21(14)17-19-9-11-23-17/h1-2,4,6,9,11,14H,3,5,7-8,10,12H2,(H,20,22)/t14-/m1/s1. The number of anilines is 1. The first-order valence-electron chi connectivity index (χ1n) is 7.90. The van der Waals surface area contributed by atoms with E-state index in [1.807, 2.05) is 29.8 Å². The molecule has 1 aromatic heterocycles. The highest BCUT2D eigenvalue weighted by Gasteiger charge is 2.26. The maximum absolute atomic E-state index is 12.1. The molecule has 3 rings (SSSR count). The van der Waals surface area contributed by atoms with Crippen LogP contribution in [0.3, 0.4) is 0 Å². The number of aromatic nitrogens is 1. The second-order valence-corrected chi connectivity index (χ2v) is 7.43. The molecule has 4 nitrogen and oxygen atoms in total. The number of amides is 1. The summed E-state index contributed by atoms with van der Waals surface area (Å²) in [6.07, 6.45) is 5.40. The summed E-state index contributed by atoms with van der Waals surface area (Å²) in [6, 6.07) is 8.42. The maximum Gasteiger partial charge on any atom is 0.220 e. The molecule has 1 atom stereocenters. The van der Waals surface area contributed by atoms with Gasteiger partial charge < -0.3 is 10.2 Å². The number of halogens is 1. The summed E-state index contributed by atoms with van der Waals surface area (Å²) in [4.78, 5) is 18.8. The van der Waals surface area contributed by atoms with Crippen LogP contribution in [0, 0.1) is 0 Å². The third kappa shape index (κ3) is 4.32. The molecule has 1 aromatic carbocycles. The molecule has 0 bridgehead atoms. The Morgan fingerprint density at radius 1 is 1.43 bits per heavy atom. The Morgan fingerprint density at radius 2 is 2.30 bits per heavy atom. The molecule has 23 heavy (non-hydrogen) atoms. The minimum absolute atomic E-state index is 0.117. The Labute approximate surface area is 149 Å². The van der Waals surface area contributed by atoms with Crippen LogP contribution in [0.25, 0.3) is 0 Å². The number of benzene rings is 1. The van der Waals surface area contributed by atoms with E-state index in [0.29, 0.717) is 19.0 Å². The van der Waals surface area contributed by atoms with Gasteiger partial charge in [-0.05, 0) is 30.9 Å². The molecule has 1 aliphatic rings. The summed E-state index contributed by atoms with van der Waals surface area (Å²) in [6.45, 7) is 1.74. The second kappa shape index (κ2) is 7.93. The van der Waals surface area contributed by atoms with Crippen molar-refractivity contribution in [2.75, 3.05) is 18.0 Å². The lowest BCUT2D eigenvalue weighted by Gasteiger charge is -2.24. The van der Waals surface area contributed by atoms with Gasteiger partial charge in [0.1, 0.15) is 0 Å². The summed E-state index contributed by atoms with van der Waals surface area (Å²) >= 11 is 5.19. The van der Waals surface area contributed by atoms with Crippen LogP contribution in [0.4, 0.5) is 5.13 Å². The number of nitrogens with zero attached hydrogens (tertiary/aromatic N) is 2. The predicted octanol–water partition coefficient (Wildman–Crippen LogP) is 3.62. The fourth-order valence-electron chi connectivity index (χ4n) is 2.93. The molecule has 1 aliphatic heterocycles. The van der Waals surface area contributed by atoms with Gasteiger partial charge in [0.15, 0.2) is 5.13 Å². The van der Waals surface area contributed by atoms with E-state index in [1.165, 1.54) is 5.56 Å². The first kappa shape index (κ1) is 16.5. The molecule has 6 heteroatoms. The van der Waals surface area contributed by atoms with Gasteiger partial charge in [-0.15, -0.1) is 11.3 Å². The number of nitrogens with one attached hydrogen (secondary N) is 1. The monoisotopic (exact) mass is 393 g/mol. The first-order chi connectivity index (χ1) is 11.2. The van der Waals surface area contributed by atoms with Crippen molar-refractivity contribution in [1.29, 1.82) is 0 Å². The van der Waals surface area contributed by atoms with E-state index in [2.05, 4.69) is 37.2 Å². The van der Waals surface area contributed by atoms with E-state index in [1.54, 1.807) is 11.3 Å². The van der Waals surface area contributed by atoms with E-state index >= 15 is 0 Å². The fourth-order valence-corrected chi connectivity index (χ4v) is 4.15. The summed E-state index contributed by atoms with van der Waals surface area (Å²) < 4.78 is 1.07. The molecule has 0 saturated carbocycles.